The monoisotopic (exact) mass is 221 g/mol. The van der Waals surface area contributed by atoms with Crippen LogP contribution in [0.1, 0.15) is 24.2 Å². The Labute approximate surface area is 95.4 Å². The Morgan fingerprint density at radius 2 is 2.12 bits per heavy atom. The zero-order valence-corrected chi connectivity index (χ0v) is 9.61. The van der Waals surface area contributed by atoms with Gasteiger partial charge in [0.1, 0.15) is 5.82 Å². The fourth-order valence-electron chi connectivity index (χ4n) is 1.46. The molecule has 0 fully saturated rings. The molecule has 0 aliphatic carbocycles. The summed E-state index contributed by atoms with van der Waals surface area (Å²) in [6.07, 6.45) is 1.64. The van der Waals surface area contributed by atoms with E-state index in [1.807, 2.05) is 13.8 Å². The molecule has 16 heavy (non-hydrogen) atoms. The zero-order valence-electron chi connectivity index (χ0n) is 9.61. The molecule has 3 heteroatoms. The lowest BCUT2D eigenvalue weighted by Crippen LogP contribution is -2.37. The van der Waals surface area contributed by atoms with Crippen molar-refractivity contribution in [2.75, 3.05) is 6.54 Å². The lowest BCUT2D eigenvalue weighted by molar-refractivity contribution is 0.0724. The fourth-order valence-corrected chi connectivity index (χ4v) is 1.46. The second kappa shape index (κ2) is 5.45. The van der Waals surface area contributed by atoms with Crippen molar-refractivity contribution >= 4 is 5.91 Å². The summed E-state index contributed by atoms with van der Waals surface area (Å²) < 4.78 is 13.4. The van der Waals surface area contributed by atoms with Gasteiger partial charge in [0.05, 0.1) is 5.56 Å². The van der Waals surface area contributed by atoms with Crippen molar-refractivity contribution in [1.82, 2.24) is 4.90 Å². The first-order chi connectivity index (χ1) is 7.57. The highest BCUT2D eigenvalue weighted by Gasteiger charge is 2.19. The molecule has 0 atom stereocenters. The lowest BCUT2D eigenvalue weighted by atomic mass is 10.1. The average Bonchev–Trinajstić information content (AvgIpc) is 2.25. The van der Waals surface area contributed by atoms with E-state index in [1.165, 1.54) is 12.1 Å². The lowest BCUT2D eigenvalue weighted by Gasteiger charge is -2.25. The number of carbonyl (C=O) groups is 1. The van der Waals surface area contributed by atoms with Crippen molar-refractivity contribution in [3.8, 4) is 0 Å². The number of carbonyl (C=O) groups excluding carboxylic acids is 1. The Morgan fingerprint density at radius 1 is 1.50 bits per heavy atom. The minimum absolute atomic E-state index is 0.0186. The van der Waals surface area contributed by atoms with Crippen LogP contribution >= 0.6 is 0 Å². The van der Waals surface area contributed by atoms with Crippen LogP contribution in [0.15, 0.2) is 36.9 Å². The summed E-state index contributed by atoms with van der Waals surface area (Å²) in [7, 11) is 0. The first-order valence-electron chi connectivity index (χ1n) is 5.24. The van der Waals surface area contributed by atoms with E-state index in [4.69, 9.17) is 0 Å². The normalized spacial score (nSPS) is 10.2. The van der Waals surface area contributed by atoms with Crippen molar-refractivity contribution in [3.05, 3.63) is 48.3 Å². The van der Waals surface area contributed by atoms with E-state index in [2.05, 4.69) is 6.58 Å². The summed E-state index contributed by atoms with van der Waals surface area (Å²) in [6, 6.07) is 6.03. The van der Waals surface area contributed by atoms with Crippen LogP contribution in [-0.2, 0) is 0 Å². The van der Waals surface area contributed by atoms with Crippen LogP contribution in [0.5, 0.6) is 0 Å². The minimum Gasteiger partial charge on any atom is -0.332 e. The van der Waals surface area contributed by atoms with Crippen LogP contribution < -0.4 is 0 Å². The zero-order chi connectivity index (χ0) is 12.1. The van der Waals surface area contributed by atoms with Crippen LogP contribution in [0, 0.1) is 5.82 Å². The number of hydrogen-bond acceptors (Lipinski definition) is 1. The van der Waals surface area contributed by atoms with Crippen LogP contribution in [0.2, 0.25) is 0 Å². The molecule has 0 bridgehead atoms. The molecular formula is C13H16FNO. The van der Waals surface area contributed by atoms with Gasteiger partial charge in [-0.2, -0.15) is 0 Å². The summed E-state index contributed by atoms with van der Waals surface area (Å²) in [5, 5.41) is 0. The minimum atomic E-state index is -0.484. The number of rotatable bonds is 4. The van der Waals surface area contributed by atoms with Crippen LogP contribution in [0.25, 0.3) is 0 Å². The van der Waals surface area contributed by atoms with E-state index in [-0.39, 0.29) is 17.5 Å². The molecular weight excluding hydrogens is 205 g/mol. The number of halogens is 1. The molecule has 0 unspecified atom stereocenters. The van der Waals surface area contributed by atoms with E-state index < -0.39 is 5.82 Å². The summed E-state index contributed by atoms with van der Waals surface area (Å²) >= 11 is 0. The highest BCUT2D eigenvalue weighted by Crippen LogP contribution is 2.12. The third-order valence-electron chi connectivity index (χ3n) is 2.31. The maximum Gasteiger partial charge on any atom is 0.257 e. The van der Waals surface area contributed by atoms with Crippen LogP contribution in [0.4, 0.5) is 4.39 Å². The van der Waals surface area contributed by atoms with Gasteiger partial charge in [0.2, 0.25) is 0 Å². The van der Waals surface area contributed by atoms with Crippen LogP contribution in [-0.4, -0.2) is 23.4 Å². The Bertz CT molecular complexity index is 387. The van der Waals surface area contributed by atoms with E-state index >= 15 is 0 Å². The second-order valence-corrected chi connectivity index (χ2v) is 3.82. The van der Waals surface area contributed by atoms with E-state index in [0.29, 0.717) is 6.54 Å². The maximum absolute atomic E-state index is 13.4. The Balaban J connectivity index is 2.99. The molecule has 1 amide bonds. The molecule has 1 aromatic carbocycles. The quantitative estimate of drug-likeness (QED) is 0.716. The molecule has 0 heterocycles. The summed E-state index contributed by atoms with van der Waals surface area (Å²) in [6.45, 7) is 7.80. The summed E-state index contributed by atoms with van der Waals surface area (Å²) in [5.74, 6) is -0.782. The molecule has 0 aromatic heterocycles. The van der Waals surface area contributed by atoms with Gasteiger partial charge in [0.25, 0.3) is 5.91 Å². The van der Waals surface area contributed by atoms with Gasteiger partial charge in [-0.15, -0.1) is 6.58 Å². The maximum atomic E-state index is 13.4. The van der Waals surface area contributed by atoms with Crippen molar-refractivity contribution in [1.29, 1.82) is 0 Å². The van der Waals surface area contributed by atoms with Gasteiger partial charge >= 0.3 is 0 Å². The molecule has 0 aliphatic heterocycles. The first-order valence-corrected chi connectivity index (χ1v) is 5.24. The van der Waals surface area contributed by atoms with Gasteiger partial charge in [0, 0.05) is 12.6 Å². The number of nitrogens with zero attached hydrogens (tertiary/aromatic N) is 1. The largest absolute Gasteiger partial charge is 0.332 e. The highest BCUT2D eigenvalue weighted by molar-refractivity contribution is 5.94. The summed E-state index contributed by atoms with van der Waals surface area (Å²) in [4.78, 5) is 13.6. The third-order valence-corrected chi connectivity index (χ3v) is 2.31. The van der Waals surface area contributed by atoms with Crippen molar-refractivity contribution in [2.45, 2.75) is 19.9 Å². The van der Waals surface area contributed by atoms with Gasteiger partial charge < -0.3 is 4.90 Å². The van der Waals surface area contributed by atoms with Crippen LogP contribution in [0.3, 0.4) is 0 Å². The van der Waals surface area contributed by atoms with Gasteiger partial charge in [-0.1, -0.05) is 18.2 Å². The topological polar surface area (TPSA) is 20.3 Å². The summed E-state index contributed by atoms with van der Waals surface area (Å²) in [5.41, 5.74) is 0.109. The Morgan fingerprint density at radius 3 is 2.62 bits per heavy atom. The molecule has 0 N–H and O–H groups in total. The smallest absolute Gasteiger partial charge is 0.257 e. The molecule has 0 radical (unpaired) electrons. The van der Waals surface area contributed by atoms with Gasteiger partial charge in [-0.25, -0.2) is 4.39 Å². The second-order valence-electron chi connectivity index (χ2n) is 3.82. The molecule has 1 rings (SSSR count). The van der Waals surface area contributed by atoms with Crippen molar-refractivity contribution < 1.29 is 9.18 Å². The Hall–Kier alpha value is -1.64. The predicted octanol–water partition coefficient (Wildman–Crippen LogP) is 2.86. The molecule has 2 nitrogen and oxygen atoms in total. The van der Waals surface area contributed by atoms with Gasteiger partial charge in [-0.3, -0.25) is 4.79 Å². The van der Waals surface area contributed by atoms with Gasteiger partial charge in [-0.05, 0) is 26.0 Å². The molecule has 86 valence electrons. The first kappa shape index (κ1) is 12.4. The van der Waals surface area contributed by atoms with E-state index in [0.717, 1.165) is 0 Å². The standard InChI is InChI=1S/C13H16FNO/c1-4-9-15(10(2)3)13(16)11-7-5-6-8-12(11)14/h4-8,10H,1,9H2,2-3H3. The molecule has 0 saturated carbocycles. The molecule has 1 aromatic rings. The average molecular weight is 221 g/mol. The third kappa shape index (κ3) is 2.69. The van der Waals surface area contributed by atoms with Crippen molar-refractivity contribution in [3.63, 3.8) is 0 Å². The van der Waals surface area contributed by atoms with E-state index in [9.17, 15) is 9.18 Å². The highest BCUT2D eigenvalue weighted by atomic mass is 19.1. The molecule has 0 spiro atoms. The van der Waals surface area contributed by atoms with Crippen molar-refractivity contribution in [2.24, 2.45) is 0 Å². The number of benzene rings is 1. The van der Waals surface area contributed by atoms with E-state index in [1.54, 1.807) is 23.1 Å². The number of hydrogen-bond donors (Lipinski definition) is 0. The fraction of sp³-hybridized carbons (Fsp3) is 0.308. The molecule has 0 saturated heterocycles. The van der Waals surface area contributed by atoms with Gasteiger partial charge in [0.15, 0.2) is 0 Å². The SMILES string of the molecule is C=CCN(C(=O)c1ccccc1F)C(C)C. The predicted molar refractivity (Wildman–Crippen MR) is 62.8 cm³/mol. The molecule has 0 aliphatic rings. The number of amides is 1. The Kier molecular flexibility index (Phi) is 4.23.